The van der Waals surface area contributed by atoms with Crippen molar-refractivity contribution in [3.63, 3.8) is 0 Å². The number of anilines is 4. The van der Waals surface area contributed by atoms with Crippen LogP contribution in [-0.4, -0.2) is 261 Å². The van der Waals surface area contributed by atoms with E-state index in [1.54, 1.807) is 6.92 Å². The Morgan fingerprint density at radius 2 is 0.746 bits per heavy atom. The summed E-state index contributed by atoms with van der Waals surface area (Å²) in [5.41, 5.74) is 18.3. The van der Waals surface area contributed by atoms with E-state index in [1.165, 1.54) is 82.5 Å². The molecule has 7 aliphatic rings. The number of aromatic amines is 4. The summed E-state index contributed by atoms with van der Waals surface area (Å²) >= 11 is 32.9. The Bertz CT molecular complexity index is 6770. The number of hydrogen-bond acceptors (Lipinski definition) is 45. The van der Waals surface area contributed by atoms with Crippen LogP contribution in [0.4, 0.5) is 23.5 Å². The number of nitrogens with zero attached hydrogens (tertiary/aromatic N) is 16. The normalized spacial score (nSPS) is 30.6. The minimum atomic E-state index is -4.74. The molecule has 0 radical (unpaired) electrons. The van der Waals surface area contributed by atoms with Crippen LogP contribution in [0.15, 0.2) is 79.1 Å². The highest BCUT2D eigenvalue weighted by Crippen LogP contribution is 2.60. The average Bonchev–Trinajstić information content (AvgIpc) is 1.54. The molecule has 7 fully saturated rings. The highest BCUT2D eigenvalue weighted by atomic mass is 32.5. The van der Waals surface area contributed by atoms with E-state index in [9.17, 15) is 68.1 Å². The monoisotopic (exact) mass is 2050 g/mol. The molecule has 0 amide bonds. The zero-order valence-electron chi connectivity index (χ0n) is 66.8. The van der Waals surface area contributed by atoms with Gasteiger partial charge in [0.05, 0.1) is 102 Å². The molecule has 0 aromatic carbocycles. The first kappa shape index (κ1) is 95.0. The predicted octanol–water partition coefficient (Wildman–Crippen LogP) is -1.85. The highest BCUT2D eigenvalue weighted by molar-refractivity contribution is 8.08. The molecule has 25 atom stereocenters. The summed E-state index contributed by atoms with van der Waals surface area (Å²) in [6, 6.07) is 0. The Kier molecular flexibility index (Phi) is 26.8. The second-order valence-corrected chi connectivity index (χ2v) is 47.0. The SMILES string of the molecule is Cc1cn([C@H]2C[C@@H](OP(O)(O)=S)[C@@H](COP(O)(=S)O[C@@H]3C[C@H](n4cnc5c(=O)[nH]c(N)nc54)O[C@@H]3COP(O)(=S)O[C@@H]3C[C@H](n4cc(C)c(=O)[nH]c4=O)O[C@@H]3COP(O)(=S)O[C@@H]3C[C@H](n4cnc5c(=O)[nH]c(N)nc54)O[C@@H]3COP(O)(=S)O[C@@H]3C[C@H](n4cnc5c(N)ncnc54)O[C@@H]3COP(O)(=S)O[C@@H]3C4O[C@@H](C)[C@]3(CO)O[C@H]4n3cnc4c(N)ncnc43)O2)c(=O)[nH]c1=O. The summed E-state index contributed by atoms with van der Waals surface area (Å²) < 4.78 is 118. The summed E-state index contributed by atoms with van der Waals surface area (Å²) in [6.45, 7) is -27.6. The van der Waals surface area contributed by atoms with Gasteiger partial charge in [-0.2, -0.15) is 9.97 Å². The number of nitrogens with two attached hydrogens (primary N) is 4. The Morgan fingerprint density at radius 3 is 1.11 bits per heavy atom. The number of aryl methyl sites for hydroxylation is 2. The van der Waals surface area contributed by atoms with Crippen LogP contribution in [0.5, 0.6) is 0 Å². The molecule has 0 saturated carbocycles. The van der Waals surface area contributed by atoms with Crippen LogP contribution in [0.25, 0.3) is 44.7 Å². The zero-order valence-corrected chi connectivity index (χ0v) is 77.1. The minimum absolute atomic E-state index is 0.0255. The molecule has 10 aromatic rings. The maximum atomic E-state index is 13.6. The van der Waals surface area contributed by atoms with Gasteiger partial charge in [-0.3, -0.25) is 71.0 Å². The van der Waals surface area contributed by atoms with Gasteiger partial charge in [-0.1, -0.05) is 0 Å². The molecule has 2 bridgehead atoms. The summed E-state index contributed by atoms with van der Waals surface area (Å²) in [7, 11) is 0. The van der Waals surface area contributed by atoms with Crippen LogP contribution in [-0.2, 0) is 154 Å². The third-order valence-electron chi connectivity index (χ3n) is 22.0. The number of nitrogen functional groups attached to an aromatic ring is 4. The maximum absolute atomic E-state index is 13.6. The molecular weight excluding hydrogens is 1970 g/mol. The van der Waals surface area contributed by atoms with Crippen LogP contribution < -0.4 is 56.6 Å². The van der Waals surface area contributed by atoms with Crippen molar-refractivity contribution in [2.75, 3.05) is 62.6 Å². The van der Waals surface area contributed by atoms with Crippen molar-refractivity contribution in [3.8, 4) is 0 Å². The number of aliphatic hydroxyl groups excluding tert-OH is 1. The molecule has 704 valence electrons. The smallest absolute Gasteiger partial charge is 0.330 e. The topological polar surface area (TPSA) is 756 Å². The van der Waals surface area contributed by atoms with E-state index in [2.05, 4.69) is 69.8 Å². The first-order valence-corrected chi connectivity index (χ1v) is 54.1. The van der Waals surface area contributed by atoms with Crippen LogP contribution in [0.1, 0.15) is 87.5 Å². The molecule has 130 heavy (non-hydrogen) atoms. The minimum Gasteiger partial charge on any atom is -0.393 e. The van der Waals surface area contributed by atoms with Crippen LogP contribution in [0.2, 0.25) is 0 Å². The van der Waals surface area contributed by atoms with Crippen molar-refractivity contribution in [1.29, 1.82) is 0 Å². The molecule has 7 saturated heterocycles. The van der Waals surface area contributed by atoms with Gasteiger partial charge in [-0.15, -0.1) is 0 Å². The molecule has 10 aromatic heterocycles. The molecule has 7 aliphatic heterocycles. The third-order valence-corrected chi connectivity index (χ3v) is 30.7. The van der Waals surface area contributed by atoms with Crippen molar-refractivity contribution < 1.29 is 122 Å². The van der Waals surface area contributed by atoms with E-state index in [-0.39, 0.29) is 105 Å². The Morgan fingerprint density at radius 1 is 0.423 bits per heavy atom. The fraction of sp³-hybridized carbons (Fsp3) is 0.548. The van der Waals surface area contributed by atoms with E-state index in [1.807, 2.05) is 0 Å². The standard InChI is InChI=1S/C62H78N24O32P6S6/c1-23-9-81(60(92)79-53(23)88)36-4-26(113-119(94,95)125)31(107-36)11-101-120(96,126)116-29-7-39(84-20-73-43-51(84)75-58(65)77-55(43)90)110-33(29)13-103-121(97,127)114-27-5-37(82-10-24(2)54(89)80-61(82)93)108-32(27)12-102-122(98,128)117-30-8-40(85-21-74-44-52(85)76-59(66)78-56(44)91)111-34(30)14-104-123(99,129)115-28-6-38(83-19-71-41-47(63)67-17-69-49(41)83)109-35(28)15-105-124(100,130)118-46-45-57(112-62(46,16-87)25(3)106-45)86-22-72-42-48(64)68-18-70-50(42)86/h9-10,17-22,25-40,45-46,57,87H,4-8,11-16H2,1-3H3,(H,96,126)(H,97,127)(H,98,128)(H,99,129)(H,100,130)(H2,63,67,69)(H2,64,68,70)(H,79,88,92)(H,80,89,93)(H2,94,95,125)(H3,65,75,77,90)(H3,66,76,78,91)/t25-,26+,27+,28+,29+,30+,31+,32+,33+,34+,35+,36+,37+,38+,39+,40+,45?,46+,57+,62-,120?,121?,122?,123?,124?/m0/s1. The van der Waals surface area contributed by atoms with Crippen molar-refractivity contribution in [3.05, 3.63) is 124 Å². The van der Waals surface area contributed by atoms with Crippen molar-refractivity contribution >= 4 is 179 Å². The summed E-state index contributed by atoms with van der Waals surface area (Å²) in [5.74, 6) is -0.523. The molecule has 0 aliphatic carbocycles. The molecule has 17 heterocycles. The number of rotatable bonds is 34. The number of nitrogens with one attached hydrogen (secondary N) is 4. The van der Waals surface area contributed by atoms with E-state index in [0.29, 0.717) is 0 Å². The van der Waals surface area contributed by atoms with E-state index >= 15 is 0 Å². The van der Waals surface area contributed by atoms with Crippen LogP contribution in [0.3, 0.4) is 0 Å². The molecule has 20 N–H and O–H groups in total. The van der Waals surface area contributed by atoms with Gasteiger partial charge in [0.25, 0.3) is 22.2 Å². The fourth-order valence-electron chi connectivity index (χ4n) is 15.9. The third kappa shape index (κ3) is 19.8. The molecule has 6 unspecified atom stereocenters. The number of aromatic nitrogens is 20. The van der Waals surface area contributed by atoms with Crippen LogP contribution >= 0.6 is 40.3 Å². The van der Waals surface area contributed by atoms with Gasteiger partial charge in [0, 0.05) is 55.6 Å². The van der Waals surface area contributed by atoms with Gasteiger partial charge in [0.1, 0.15) is 103 Å². The number of aliphatic hydroxyl groups is 1. The van der Waals surface area contributed by atoms with E-state index in [0.717, 1.165) is 9.13 Å². The lowest BCUT2D eigenvalue weighted by Crippen LogP contribution is -2.50. The quantitative estimate of drug-likeness (QED) is 0.0197. The molecule has 56 nitrogen and oxygen atoms in total. The summed E-state index contributed by atoms with van der Waals surface area (Å²) in [5, 5.41) is 11.0. The van der Waals surface area contributed by atoms with E-state index in [4.69, 9.17) is 177 Å². The van der Waals surface area contributed by atoms with Gasteiger partial charge >= 0.3 is 51.7 Å². The number of imidazole rings is 4. The molecular formula is C62H78N24O32P6S6. The number of fused-ring (bicyclic) bond motifs is 6. The second-order valence-electron chi connectivity index (χ2n) is 30.4. The Labute approximate surface area is 755 Å². The number of ether oxygens (including phenoxy) is 7. The Hall–Kier alpha value is -6.78. The van der Waals surface area contributed by atoms with Gasteiger partial charge < -0.3 is 141 Å². The highest BCUT2D eigenvalue weighted by Gasteiger charge is 2.68. The number of H-pyrrole nitrogens is 4. The van der Waals surface area contributed by atoms with Gasteiger partial charge in [0.15, 0.2) is 51.5 Å². The van der Waals surface area contributed by atoms with Crippen LogP contribution in [0, 0.1) is 13.8 Å². The predicted molar refractivity (Wildman–Crippen MR) is 464 cm³/mol. The fourth-order valence-corrected chi connectivity index (χ4v) is 24.2. The van der Waals surface area contributed by atoms with Gasteiger partial charge in [-0.05, 0) is 91.6 Å². The van der Waals surface area contributed by atoms with Crippen molar-refractivity contribution in [1.82, 2.24) is 97.2 Å². The van der Waals surface area contributed by atoms with Crippen molar-refractivity contribution in [2.24, 2.45) is 0 Å². The first-order chi connectivity index (χ1) is 61.4. The Balaban J connectivity index is 0.595. The van der Waals surface area contributed by atoms with Gasteiger partial charge in [-0.25, -0.2) is 49.5 Å². The second kappa shape index (κ2) is 36.7. The van der Waals surface area contributed by atoms with Gasteiger partial charge in [0.2, 0.25) is 11.9 Å². The van der Waals surface area contributed by atoms with Crippen molar-refractivity contribution in [2.45, 2.75) is 175 Å². The number of hydrogen-bond donors (Lipinski definition) is 16. The lowest BCUT2D eigenvalue weighted by molar-refractivity contribution is -0.216. The summed E-state index contributed by atoms with van der Waals surface area (Å²) in [4.78, 5) is 210. The zero-order chi connectivity index (χ0) is 92.5. The molecule has 17 rings (SSSR count). The first-order valence-electron chi connectivity index (χ1n) is 38.6. The molecule has 68 heteroatoms. The largest absolute Gasteiger partial charge is 0.393 e. The lowest BCUT2D eigenvalue weighted by Gasteiger charge is -2.35. The average molecular weight is 2050 g/mol. The summed E-state index contributed by atoms with van der Waals surface area (Å²) in [6.07, 6.45) is -16.0. The maximum Gasteiger partial charge on any atom is 0.330 e. The molecule has 0 spiro atoms. The lowest BCUT2D eigenvalue weighted by atomic mass is 9.94. The van der Waals surface area contributed by atoms with E-state index < -0.39 is 242 Å².